The van der Waals surface area contributed by atoms with E-state index in [9.17, 15) is 9.59 Å². The van der Waals surface area contributed by atoms with Crippen LogP contribution in [0.1, 0.15) is 17.5 Å². The van der Waals surface area contributed by atoms with Crippen LogP contribution in [0.15, 0.2) is 54.2 Å². The highest BCUT2D eigenvalue weighted by atomic mass is 35.5. The van der Waals surface area contributed by atoms with E-state index in [-0.39, 0.29) is 18.2 Å². The maximum Gasteiger partial charge on any atom is 0.271 e. The Hall–Kier alpha value is -2.99. The zero-order valence-electron chi connectivity index (χ0n) is 17.2. The molecule has 2 aromatic carbocycles. The van der Waals surface area contributed by atoms with Crippen LogP contribution in [0.5, 0.6) is 0 Å². The third-order valence-corrected chi connectivity index (χ3v) is 5.80. The van der Waals surface area contributed by atoms with Crippen molar-refractivity contribution in [2.75, 3.05) is 36.1 Å². The molecule has 1 fully saturated rings. The van der Waals surface area contributed by atoms with Crippen molar-refractivity contribution in [3.63, 3.8) is 0 Å². The average Bonchev–Trinajstić information content (AvgIpc) is 2.76. The number of hydrazine groups is 1. The molecule has 2 amide bonds. The standard InChI is InChI=1S/C23H25ClN4O2/c1-16-3-7-19(8-4-16)28-22(29)10-9-20(25-28)23(30)27-13-11-26(12-14-27)21-15-18(24)6-5-17(21)2/h3-9,15,25H,10-14H2,1-2H3. The summed E-state index contributed by atoms with van der Waals surface area (Å²) < 4.78 is 0. The molecule has 2 heterocycles. The van der Waals surface area contributed by atoms with Crippen molar-refractivity contribution in [1.82, 2.24) is 10.3 Å². The Morgan fingerprint density at radius 2 is 1.70 bits per heavy atom. The quantitative estimate of drug-likeness (QED) is 0.820. The number of nitrogens with one attached hydrogen (secondary N) is 1. The first-order chi connectivity index (χ1) is 14.4. The maximum absolute atomic E-state index is 13.1. The molecular weight excluding hydrogens is 400 g/mol. The first kappa shape index (κ1) is 20.3. The van der Waals surface area contributed by atoms with Crippen LogP contribution >= 0.6 is 11.6 Å². The summed E-state index contributed by atoms with van der Waals surface area (Å²) in [7, 11) is 0. The molecular formula is C23H25ClN4O2. The van der Waals surface area contributed by atoms with Gasteiger partial charge in [0.15, 0.2) is 0 Å². The zero-order valence-corrected chi connectivity index (χ0v) is 17.9. The summed E-state index contributed by atoms with van der Waals surface area (Å²) in [6.07, 6.45) is 1.88. The number of nitrogens with zero attached hydrogens (tertiary/aromatic N) is 3. The van der Waals surface area contributed by atoms with Crippen molar-refractivity contribution >= 4 is 34.8 Å². The van der Waals surface area contributed by atoms with Crippen molar-refractivity contribution in [1.29, 1.82) is 0 Å². The fourth-order valence-electron chi connectivity index (χ4n) is 3.79. The van der Waals surface area contributed by atoms with Gasteiger partial charge in [0, 0.05) is 43.3 Å². The number of anilines is 2. The summed E-state index contributed by atoms with van der Waals surface area (Å²) in [5, 5.41) is 2.17. The number of amides is 2. The van der Waals surface area contributed by atoms with Crippen molar-refractivity contribution in [2.45, 2.75) is 20.3 Å². The highest BCUT2D eigenvalue weighted by Gasteiger charge is 2.29. The Morgan fingerprint density at radius 1 is 1.00 bits per heavy atom. The Kier molecular flexibility index (Phi) is 5.68. The molecule has 0 aromatic heterocycles. The first-order valence-electron chi connectivity index (χ1n) is 10.1. The molecule has 1 saturated heterocycles. The SMILES string of the molecule is Cc1ccc(N2NC(C(=O)N3CCN(c4cc(Cl)ccc4C)CC3)=CCC2=O)cc1. The van der Waals surface area contributed by atoms with Crippen LogP contribution < -0.4 is 15.3 Å². The van der Waals surface area contributed by atoms with E-state index in [4.69, 9.17) is 11.6 Å². The molecule has 30 heavy (non-hydrogen) atoms. The summed E-state index contributed by atoms with van der Waals surface area (Å²) in [4.78, 5) is 29.5. The predicted molar refractivity (Wildman–Crippen MR) is 119 cm³/mol. The van der Waals surface area contributed by atoms with E-state index >= 15 is 0 Å². The lowest BCUT2D eigenvalue weighted by Gasteiger charge is -2.38. The highest BCUT2D eigenvalue weighted by Crippen LogP contribution is 2.26. The fraction of sp³-hybridized carbons (Fsp3) is 0.304. The van der Waals surface area contributed by atoms with Gasteiger partial charge in [0.25, 0.3) is 5.91 Å². The van der Waals surface area contributed by atoms with Gasteiger partial charge in [-0.2, -0.15) is 0 Å². The van der Waals surface area contributed by atoms with Gasteiger partial charge in [0.2, 0.25) is 5.91 Å². The summed E-state index contributed by atoms with van der Waals surface area (Å²) in [5.74, 6) is -0.168. The van der Waals surface area contributed by atoms with E-state index in [1.54, 1.807) is 6.08 Å². The topological polar surface area (TPSA) is 55.9 Å². The number of carbonyl (C=O) groups is 2. The molecule has 0 unspecified atom stereocenters. The second-order valence-electron chi connectivity index (χ2n) is 7.71. The van der Waals surface area contributed by atoms with E-state index in [2.05, 4.69) is 17.2 Å². The number of benzene rings is 2. The van der Waals surface area contributed by atoms with Crippen LogP contribution in [0.2, 0.25) is 5.02 Å². The smallest absolute Gasteiger partial charge is 0.271 e. The number of aryl methyl sites for hydroxylation is 2. The van der Waals surface area contributed by atoms with E-state index in [1.807, 2.05) is 54.3 Å². The van der Waals surface area contributed by atoms with Gasteiger partial charge in [0.05, 0.1) is 5.69 Å². The van der Waals surface area contributed by atoms with E-state index < -0.39 is 0 Å². The van der Waals surface area contributed by atoms with Gasteiger partial charge in [-0.05, 0) is 49.8 Å². The van der Waals surface area contributed by atoms with Crippen LogP contribution in [0.3, 0.4) is 0 Å². The molecule has 2 aliphatic heterocycles. The van der Waals surface area contributed by atoms with Crippen LogP contribution in [-0.2, 0) is 9.59 Å². The Morgan fingerprint density at radius 3 is 2.40 bits per heavy atom. The van der Waals surface area contributed by atoms with E-state index in [0.29, 0.717) is 23.8 Å². The van der Waals surface area contributed by atoms with Gasteiger partial charge in [-0.15, -0.1) is 0 Å². The van der Waals surface area contributed by atoms with Crippen LogP contribution in [0.4, 0.5) is 11.4 Å². The van der Waals surface area contributed by atoms with Crippen molar-refractivity contribution in [2.24, 2.45) is 0 Å². The number of carbonyl (C=O) groups excluding carboxylic acids is 2. The molecule has 0 atom stereocenters. The minimum absolute atomic E-state index is 0.0814. The number of hydrogen-bond donors (Lipinski definition) is 1. The summed E-state index contributed by atoms with van der Waals surface area (Å²) in [6.45, 7) is 6.76. The summed E-state index contributed by atoms with van der Waals surface area (Å²) in [6, 6.07) is 13.5. The third kappa shape index (κ3) is 4.14. The monoisotopic (exact) mass is 424 g/mol. The van der Waals surface area contributed by atoms with E-state index in [0.717, 1.165) is 30.0 Å². The summed E-state index contributed by atoms with van der Waals surface area (Å²) in [5.41, 5.74) is 7.59. The van der Waals surface area contributed by atoms with Crippen molar-refractivity contribution < 1.29 is 9.59 Å². The van der Waals surface area contributed by atoms with Crippen LogP contribution in [-0.4, -0.2) is 42.9 Å². The third-order valence-electron chi connectivity index (χ3n) is 5.56. The molecule has 0 aliphatic carbocycles. The molecule has 0 saturated carbocycles. The van der Waals surface area contributed by atoms with Crippen molar-refractivity contribution in [3.05, 3.63) is 70.4 Å². The minimum atomic E-state index is -0.0864. The van der Waals surface area contributed by atoms with Crippen LogP contribution in [0.25, 0.3) is 0 Å². The molecule has 1 N–H and O–H groups in total. The molecule has 0 bridgehead atoms. The Balaban J connectivity index is 1.42. The lowest BCUT2D eigenvalue weighted by Crippen LogP contribution is -2.53. The summed E-state index contributed by atoms with van der Waals surface area (Å²) >= 11 is 6.16. The molecule has 6 nitrogen and oxygen atoms in total. The second-order valence-corrected chi connectivity index (χ2v) is 8.14. The maximum atomic E-state index is 13.1. The minimum Gasteiger partial charge on any atom is -0.368 e. The molecule has 7 heteroatoms. The number of halogens is 1. The molecule has 0 radical (unpaired) electrons. The van der Waals surface area contributed by atoms with Gasteiger partial charge in [0.1, 0.15) is 5.70 Å². The molecule has 4 rings (SSSR count). The second kappa shape index (κ2) is 8.40. The fourth-order valence-corrected chi connectivity index (χ4v) is 3.96. The van der Waals surface area contributed by atoms with Gasteiger partial charge < -0.3 is 9.80 Å². The van der Waals surface area contributed by atoms with Gasteiger partial charge in [-0.1, -0.05) is 35.4 Å². The number of rotatable bonds is 3. The molecule has 0 spiro atoms. The Bertz CT molecular complexity index is 995. The number of piperazine rings is 1. The first-order valence-corrected chi connectivity index (χ1v) is 10.5. The van der Waals surface area contributed by atoms with Gasteiger partial charge >= 0.3 is 0 Å². The van der Waals surface area contributed by atoms with Gasteiger partial charge in [-0.25, -0.2) is 5.01 Å². The largest absolute Gasteiger partial charge is 0.368 e. The van der Waals surface area contributed by atoms with Crippen LogP contribution in [0, 0.1) is 13.8 Å². The van der Waals surface area contributed by atoms with E-state index in [1.165, 1.54) is 10.6 Å². The lowest BCUT2D eigenvalue weighted by atomic mass is 10.1. The van der Waals surface area contributed by atoms with Crippen molar-refractivity contribution in [3.8, 4) is 0 Å². The highest BCUT2D eigenvalue weighted by molar-refractivity contribution is 6.30. The average molecular weight is 425 g/mol. The normalized spacial score (nSPS) is 17.0. The lowest BCUT2D eigenvalue weighted by molar-refractivity contribution is -0.128. The molecule has 156 valence electrons. The Labute approximate surface area is 181 Å². The molecule has 2 aliphatic rings. The van der Waals surface area contributed by atoms with Gasteiger partial charge in [-0.3, -0.25) is 15.0 Å². The number of hydrogen-bond acceptors (Lipinski definition) is 4. The predicted octanol–water partition coefficient (Wildman–Crippen LogP) is 3.43. The molecule has 2 aromatic rings. The zero-order chi connectivity index (χ0) is 21.3.